The third-order valence-corrected chi connectivity index (χ3v) is 3.49. The molecule has 0 saturated heterocycles. The molecule has 2 aromatic rings. The number of carbonyl (C=O) groups is 1. The van der Waals surface area contributed by atoms with Gasteiger partial charge in [-0.15, -0.1) is 0 Å². The van der Waals surface area contributed by atoms with Gasteiger partial charge < -0.3 is 9.84 Å². The lowest BCUT2D eigenvalue weighted by atomic mass is 10.2. The molecule has 1 aromatic heterocycles. The quantitative estimate of drug-likeness (QED) is 0.869. The van der Waals surface area contributed by atoms with Gasteiger partial charge in [0.2, 0.25) is 11.8 Å². The summed E-state index contributed by atoms with van der Waals surface area (Å²) >= 11 is 5.89. The van der Waals surface area contributed by atoms with Crippen LogP contribution in [-0.2, 0) is 11.2 Å². The van der Waals surface area contributed by atoms with E-state index in [0.717, 1.165) is 11.3 Å². The van der Waals surface area contributed by atoms with Crippen LogP contribution >= 0.6 is 11.6 Å². The fourth-order valence-electron chi connectivity index (χ4n) is 1.98. The molecule has 2 rings (SSSR count). The SMILES string of the molecule is Cc1cc(Cl)ccc1NC(=O)CCCc1nc(C(C)C)no1. The molecule has 0 unspecified atom stereocenters. The fraction of sp³-hybridized carbons (Fsp3) is 0.438. The van der Waals surface area contributed by atoms with E-state index in [4.69, 9.17) is 16.1 Å². The van der Waals surface area contributed by atoms with Gasteiger partial charge in [0.1, 0.15) is 0 Å². The van der Waals surface area contributed by atoms with Crippen molar-refractivity contribution in [3.05, 3.63) is 40.5 Å². The zero-order valence-electron chi connectivity index (χ0n) is 13.0. The molecule has 0 bridgehead atoms. The Morgan fingerprint density at radius 1 is 1.41 bits per heavy atom. The van der Waals surface area contributed by atoms with Crippen LogP contribution in [0.2, 0.25) is 5.02 Å². The minimum atomic E-state index is -0.0333. The molecule has 0 aliphatic rings. The van der Waals surface area contributed by atoms with Gasteiger partial charge in [-0.1, -0.05) is 30.6 Å². The molecule has 1 N–H and O–H groups in total. The number of benzene rings is 1. The van der Waals surface area contributed by atoms with Crippen LogP contribution in [0.25, 0.3) is 0 Å². The van der Waals surface area contributed by atoms with Gasteiger partial charge in [-0.25, -0.2) is 0 Å². The van der Waals surface area contributed by atoms with Crippen molar-refractivity contribution in [2.75, 3.05) is 5.32 Å². The maximum absolute atomic E-state index is 11.9. The van der Waals surface area contributed by atoms with E-state index in [1.807, 2.05) is 32.9 Å². The Balaban J connectivity index is 1.80. The average Bonchev–Trinajstić information content (AvgIpc) is 2.91. The first-order valence-electron chi connectivity index (χ1n) is 7.34. The summed E-state index contributed by atoms with van der Waals surface area (Å²) in [4.78, 5) is 16.2. The van der Waals surface area contributed by atoms with Gasteiger partial charge in [0.15, 0.2) is 5.82 Å². The molecule has 6 heteroatoms. The molecule has 0 saturated carbocycles. The highest BCUT2D eigenvalue weighted by Crippen LogP contribution is 2.20. The van der Waals surface area contributed by atoms with Gasteiger partial charge in [-0.05, 0) is 37.1 Å². The molecule has 0 atom stereocenters. The van der Waals surface area contributed by atoms with Gasteiger partial charge in [0.05, 0.1) is 0 Å². The van der Waals surface area contributed by atoms with Crippen LogP contribution in [0.1, 0.15) is 49.9 Å². The highest BCUT2D eigenvalue weighted by atomic mass is 35.5. The van der Waals surface area contributed by atoms with Gasteiger partial charge in [0, 0.05) is 29.5 Å². The van der Waals surface area contributed by atoms with E-state index in [1.54, 1.807) is 6.07 Å². The second-order valence-electron chi connectivity index (χ2n) is 5.56. The number of halogens is 1. The monoisotopic (exact) mass is 321 g/mol. The first kappa shape index (κ1) is 16.5. The Kier molecular flexibility index (Phi) is 5.55. The van der Waals surface area contributed by atoms with Crippen molar-refractivity contribution in [3.8, 4) is 0 Å². The number of amides is 1. The Labute approximate surface area is 135 Å². The summed E-state index contributed by atoms with van der Waals surface area (Å²) in [5, 5.41) is 7.44. The molecule has 1 amide bonds. The Bertz CT molecular complexity index is 653. The normalized spacial score (nSPS) is 11.0. The van der Waals surface area contributed by atoms with E-state index in [9.17, 15) is 4.79 Å². The Morgan fingerprint density at radius 3 is 2.82 bits per heavy atom. The van der Waals surface area contributed by atoms with E-state index in [-0.39, 0.29) is 11.8 Å². The van der Waals surface area contributed by atoms with Crippen LogP contribution in [-0.4, -0.2) is 16.0 Å². The molecular weight excluding hydrogens is 302 g/mol. The lowest BCUT2D eigenvalue weighted by Gasteiger charge is -2.08. The molecule has 1 heterocycles. The lowest BCUT2D eigenvalue weighted by molar-refractivity contribution is -0.116. The molecule has 118 valence electrons. The summed E-state index contributed by atoms with van der Waals surface area (Å²) in [6, 6.07) is 5.39. The highest BCUT2D eigenvalue weighted by Gasteiger charge is 2.10. The van der Waals surface area contributed by atoms with Crippen molar-refractivity contribution in [1.82, 2.24) is 10.1 Å². The summed E-state index contributed by atoms with van der Waals surface area (Å²) in [5.41, 5.74) is 1.73. The molecule has 0 aliphatic heterocycles. The molecule has 0 spiro atoms. The summed E-state index contributed by atoms with van der Waals surface area (Å²) in [6.45, 7) is 5.93. The summed E-state index contributed by atoms with van der Waals surface area (Å²) in [5.74, 6) is 1.50. The first-order chi connectivity index (χ1) is 10.5. The van der Waals surface area contributed by atoms with E-state index in [2.05, 4.69) is 15.5 Å². The van der Waals surface area contributed by atoms with E-state index in [0.29, 0.717) is 36.0 Å². The van der Waals surface area contributed by atoms with Crippen LogP contribution in [0, 0.1) is 6.92 Å². The van der Waals surface area contributed by atoms with Crippen molar-refractivity contribution in [2.24, 2.45) is 0 Å². The minimum absolute atomic E-state index is 0.0333. The van der Waals surface area contributed by atoms with Crippen molar-refractivity contribution in [2.45, 2.75) is 46.0 Å². The smallest absolute Gasteiger partial charge is 0.226 e. The van der Waals surface area contributed by atoms with Gasteiger partial charge in [-0.3, -0.25) is 4.79 Å². The number of rotatable bonds is 6. The number of anilines is 1. The maximum atomic E-state index is 11.9. The number of aryl methyl sites for hydroxylation is 2. The number of nitrogens with one attached hydrogen (secondary N) is 1. The molecule has 1 aromatic carbocycles. The summed E-state index contributed by atoms with van der Waals surface area (Å²) in [7, 11) is 0. The average molecular weight is 322 g/mol. The maximum Gasteiger partial charge on any atom is 0.226 e. The summed E-state index contributed by atoms with van der Waals surface area (Å²) < 4.78 is 5.15. The van der Waals surface area contributed by atoms with Gasteiger partial charge in [0.25, 0.3) is 0 Å². The van der Waals surface area contributed by atoms with Crippen molar-refractivity contribution in [3.63, 3.8) is 0 Å². The van der Waals surface area contributed by atoms with Crippen LogP contribution in [0.3, 0.4) is 0 Å². The van der Waals surface area contributed by atoms with Crippen LogP contribution in [0.4, 0.5) is 5.69 Å². The van der Waals surface area contributed by atoms with Gasteiger partial charge >= 0.3 is 0 Å². The predicted octanol–water partition coefficient (Wildman–Crippen LogP) is 4.12. The zero-order chi connectivity index (χ0) is 16.1. The second-order valence-corrected chi connectivity index (χ2v) is 6.00. The number of hydrogen-bond donors (Lipinski definition) is 1. The first-order valence-corrected chi connectivity index (χ1v) is 7.72. The molecule has 5 nitrogen and oxygen atoms in total. The van der Waals surface area contributed by atoms with Gasteiger partial charge in [-0.2, -0.15) is 4.98 Å². The van der Waals surface area contributed by atoms with E-state index < -0.39 is 0 Å². The topological polar surface area (TPSA) is 68.0 Å². The molecule has 0 fully saturated rings. The number of hydrogen-bond acceptors (Lipinski definition) is 4. The molecule has 22 heavy (non-hydrogen) atoms. The predicted molar refractivity (Wildman–Crippen MR) is 86.1 cm³/mol. The Hall–Kier alpha value is -1.88. The van der Waals surface area contributed by atoms with E-state index >= 15 is 0 Å². The second kappa shape index (κ2) is 7.40. The zero-order valence-corrected chi connectivity index (χ0v) is 13.8. The van der Waals surface area contributed by atoms with Crippen molar-refractivity contribution < 1.29 is 9.32 Å². The minimum Gasteiger partial charge on any atom is -0.339 e. The van der Waals surface area contributed by atoms with Crippen LogP contribution in [0.5, 0.6) is 0 Å². The lowest BCUT2D eigenvalue weighted by Crippen LogP contribution is -2.12. The van der Waals surface area contributed by atoms with Crippen molar-refractivity contribution in [1.29, 1.82) is 0 Å². The number of aromatic nitrogens is 2. The third kappa shape index (κ3) is 4.56. The molecule has 0 radical (unpaired) electrons. The molecule has 0 aliphatic carbocycles. The number of nitrogens with zero attached hydrogens (tertiary/aromatic N) is 2. The Morgan fingerprint density at radius 2 is 2.18 bits per heavy atom. The van der Waals surface area contributed by atoms with E-state index in [1.165, 1.54) is 0 Å². The van der Waals surface area contributed by atoms with Crippen LogP contribution in [0.15, 0.2) is 22.7 Å². The standard InChI is InChI=1S/C16H20ClN3O2/c1-10(2)16-19-15(22-20-16)6-4-5-14(21)18-13-8-7-12(17)9-11(13)3/h7-10H,4-6H2,1-3H3,(H,18,21). The van der Waals surface area contributed by atoms with Crippen LogP contribution < -0.4 is 5.32 Å². The summed E-state index contributed by atoms with van der Waals surface area (Å²) in [6.07, 6.45) is 1.67. The molecular formula is C16H20ClN3O2. The van der Waals surface area contributed by atoms with Crippen molar-refractivity contribution >= 4 is 23.2 Å². The number of carbonyl (C=O) groups excluding carboxylic acids is 1. The largest absolute Gasteiger partial charge is 0.339 e. The third-order valence-electron chi connectivity index (χ3n) is 3.26. The highest BCUT2D eigenvalue weighted by molar-refractivity contribution is 6.30. The fourth-order valence-corrected chi connectivity index (χ4v) is 2.21.